The van der Waals surface area contributed by atoms with Crippen molar-refractivity contribution in [2.75, 3.05) is 19.8 Å². The average Bonchev–Trinajstić information content (AvgIpc) is 2.76. The predicted octanol–water partition coefficient (Wildman–Crippen LogP) is 0.975. The van der Waals surface area contributed by atoms with E-state index in [4.69, 9.17) is 9.84 Å². The first kappa shape index (κ1) is 15.2. The van der Waals surface area contributed by atoms with Gasteiger partial charge in [-0.3, -0.25) is 4.79 Å². The molecule has 0 bridgehead atoms. The van der Waals surface area contributed by atoms with Crippen molar-refractivity contribution in [2.24, 2.45) is 5.92 Å². The molecule has 0 fully saturated rings. The third kappa shape index (κ3) is 5.56. The second-order valence-corrected chi connectivity index (χ2v) is 4.65. The maximum Gasteiger partial charge on any atom is 0.352 e. The largest absolute Gasteiger partial charge is 0.477 e. The summed E-state index contributed by atoms with van der Waals surface area (Å²) in [5.41, 5.74) is 0.103. The SMILES string of the molecule is CC(C)COCCNC(=O)Cn1cccc1C(=O)O. The molecule has 0 spiro atoms. The van der Waals surface area contributed by atoms with Crippen LogP contribution in [0.1, 0.15) is 24.3 Å². The number of ether oxygens (including phenoxy) is 1. The number of nitrogens with one attached hydrogen (secondary N) is 1. The number of aromatic carboxylic acids is 1. The quantitative estimate of drug-likeness (QED) is 0.689. The molecule has 1 aromatic heterocycles. The molecular weight excluding hydrogens is 248 g/mol. The Morgan fingerprint density at radius 2 is 2.21 bits per heavy atom. The van der Waals surface area contributed by atoms with Crippen LogP contribution in [0.3, 0.4) is 0 Å². The minimum Gasteiger partial charge on any atom is -0.477 e. The van der Waals surface area contributed by atoms with Crippen LogP contribution in [0, 0.1) is 5.92 Å². The van der Waals surface area contributed by atoms with Gasteiger partial charge in [0.1, 0.15) is 12.2 Å². The third-order valence-corrected chi connectivity index (χ3v) is 2.38. The summed E-state index contributed by atoms with van der Waals surface area (Å²) in [4.78, 5) is 22.5. The first-order chi connectivity index (χ1) is 9.00. The number of carboxylic acids is 1. The number of rotatable bonds is 8. The van der Waals surface area contributed by atoms with Gasteiger partial charge in [-0.05, 0) is 18.1 Å². The molecule has 1 heterocycles. The minimum absolute atomic E-state index is 0.00118. The molecule has 1 aromatic rings. The number of carbonyl (C=O) groups is 2. The molecule has 0 aliphatic heterocycles. The fourth-order valence-electron chi connectivity index (χ4n) is 1.54. The molecule has 0 saturated heterocycles. The summed E-state index contributed by atoms with van der Waals surface area (Å²) in [6.07, 6.45) is 1.57. The van der Waals surface area contributed by atoms with Gasteiger partial charge in [-0.25, -0.2) is 4.79 Å². The van der Waals surface area contributed by atoms with Gasteiger partial charge in [0.2, 0.25) is 5.91 Å². The highest BCUT2D eigenvalue weighted by atomic mass is 16.5. The Morgan fingerprint density at radius 3 is 2.84 bits per heavy atom. The van der Waals surface area contributed by atoms with Gasteiger partial charge in [-0.1, -0.05) is 13.8 Å². The average molecular weight is 268 g/mol. The van der Waals surface area contributed by atoms with Gasteiger partial charge in [0.25, 0.3) is 0 Å². The number of aromatic nitrogens is 1. The lowest BCUT2D eigenvalue weighted by molar-refractivity contribution is -0.121. The molecule has 6 heteroatoms. The van der Waals surface area contributed by atoms with Crippen LogP contribution in [0.5, 0.6) is 0 Å². The van der Waals surface area contributed by atoms with E-state index in [-0.39, 0.29) is 18.1 Å². The van der Waals surface area contributed by atoms with Crippen LogP contribution in [-0.2, 0) is 16.1 Å². The first-order valence-electron chi connectivity index (χ1n) is 6.23. The Bertz CT molecular complexity index is 426. The van der Waals surface area contributed by atoms with Crippen molar-refractivity contribution in [2.45, 2.75) is 20.4 Å². The Labute approximate surface area is 112 Å². The van der Waals surface area contributed by atoms with Crippen molar-refractivity contribution in [3.63, 3.8) is 0 Å². The van der Waals surface area contributed by atoms with Crippen LogP contribution < -0.4 is 5.32 Å². The number of nitrogens with zero attached hydrogens (tertiary/aromatic N) is 1. The number of carbonyl (C=O) groups excluding carboxylic acids is 1. The molecule has 2 N–H and O–H groups in total. The zero-order chi connectivity index (χ0) is 14.3. The second-order valence-electron chi connectivity index (χ2n) is 4.65. The van der Waals surface area contributed by atoms with Crippen LogP contribution in [0.2, 0.25) is 0 Å². The number of hydrogen-bond acceptors (Lipinski definition) is 3. The monoisotopic (exact) mass is 268 g/mol. The second kappa shape index (κ2) is 7.58. The van der Waals surface area contributed by atoms with E-state index in [1.807, 2.05) is 0 Å². The van der Waals surface area contributed by atoms with Gasteiger partial charge in [0, 0.05) is 19.3 Å². The summed E-state index contributed by atoms with van der Waals surface area (Å²) in [6, 6.07) is 3.06. The molecular formula is C13H20N2O4. The lowest BCUT2D eigenvalue weighted by Gasteiger charge is -2.09. The van der Waals surface area contributed by atoms with Gasteiger partial charge in [0.05, 0.1) is 6.61 Å². The van der Waals surface area contributed by atoms with Crippen LogP contribution in [0.25, 0.3) is 0 Å². The molecule has 0 aromatic carbocycles. The molecule has 0 saturated carbocycles. The number of carboxylic acid groups (broad SMARTS) is 1. The van der Waals surface area contributed by atoms with Crippen molar-refractivity contribution in [1.29, 1.82) is 0 Å². The summed E-state index contributed by atoms with van der Waals surface area (Å²) in [6.45, 7) is 5.65. The van der Waals surface area contributed by atoms with E-state index in [0.29, 0.717) is 25.7 Å². The number of amides is 1. The van der Waals surface area contributed by atoms with E-state index in [9.17, 15) is 9.59 Å². The smallest absolute Gasteiger partial charge is 0.352 e. The van der Waals surface area contributed by atoms with Gasteiger partial charge in [-0.2, -0.15) is 0 Å². The highest BCUT2D eigenvalue weighted by molar-refractivity contribution is 5.86. The summed E-state index contributed by atoms with van der Waals surface area (Å²) in [5.74, 6) is -0.807. The normalized spacial score (nSPS) is 10.7. The van der Waals surface area contributed by atoms with E-state index in [1.54, 1.807) is 12.3 Å². The minimum atomic E-state index is -1.04. The molecule has 0 radical (unpaired) electrons. The van der Waals surface area contributed by atoms with Crippen molar-refractivity contribution >= 4 is 11.9 Å². The first-order valence-corrected chi connectivity index (χ1v) is 6.23. The fourth-order valence-corrected chi connectivity index (χ4v) is 1.54. The molecule has 6 nitrogen and oxygen atoms in total. The predicted molar refractivity (Wildman–Crippen MR) is 70.1 cm³/mol. The van der Waals surface area contributed by atoms with Crippen LogP contribution in [-0.4, -0.2) is 41.3 Å². The lowest BCUT2D eigenvalue weighted by Crippen LogP contribution is -2.31. The summed E-state index contributed by atoms with van der Waals surface area (Å²) in [7, 11) is 0. The van der Waals surface area contributed by atoms with Crippen LogP contribution in [0.4, 0.5) is 0 Å². The molecule has 1 rings (SSSR count). The molecule has 19 heavy (non-hydrogen) atoms. The highest BCUT2D eigenvalue weighted by Crippen LogP contribution is 2.01. The van der Waals surface area contributed by atoms with E-state index < -0.39 is 5.97 Å². The molecule has 0 aliphatic carbocycles. The van der Waals surface area contributed by atoms with Crippen LogP contribution in [0.15, 0.2) is 18.3 Å². The molecule has 1 amide bonds. The zero-order valence-electron chi connectivity index (χ0n) is 11.3. The molecule has 0 aliphatic rings. The Morgan fingerprint density at radius 1 is 1.47 bits per heavy atom. The Balaban J connectivity index is 2.27. The van der Waals surface area contributed by atoms with Gasteiger partial charge < -0.3 is 19.7 Å². The highest BCUT2D eigenvalue weighted by Gasteiger charge is 2.11. The summed E-state index contributed by atoms with van der Waals surface area (Å²) >= 11 is 0. The van der Waals surface area contributed by atoms with E-state index >= 15 is 0 Å². The zero-order valence-corrected chi connectivity index (χ0v) is 11.3. The van der Waals surface area contributed by atoms with Gasteiger partial charge in [-0.15, -0.1) is 0 Å². The van der Waals surface area contributed by atoms with E-state index in [0.717, 1.165) is 0 Å². The Hall–Kier alpha value is -1.82. The number of hydrogen-bond donors (Lipinski definition) is 2. The van der Waals surface area contributed by atoms with Crippen molar-refractivity contribution in [1.82, 2.24) is 9.88 Å². The van der Waals surface area contributed by atoms with Crippen molar-refractivity contribution in [3.8, 4) is 0 Å². The Kier molecular flexibility index (Phi) is 6.08. The topological polar surface area (TPSA) is 80.6 Å². The fraction of sp³-hybridized carbons (Fsp3) is 0.538. The van der Waals surface area contributed by atoms with Gasteiger partial charge >= 0.3 is 5.97 Å². The maximum atomic E-state index is 11.6. The standard InChI is InChI=1S/C13H20N2O4/c1-10(2)9-19-7-5-14-12(16)8-15-6-3-4-11(15)13(17)18/h3-4,6,10H,5,7-9H2,1-2H3,(H,14,16)(H,17,18). The third-order valence-electron chi connectivity index (χ3n) is 2.38. The summed E-state index contributed by atoms with van der Waals surface area (Å²) < 4.78 is 6.72. The molecule has 0 unspecified atom stereocenters. The molecule has 106 valence electrons. The van der Waals surface area contributed by atoms with E-state index in [2.05, 4.69) is 19.2 Å². The van der Waals surface area contributed by atoms with Crippen molar-refractivity contribution < 1.29 is 19.4 Å². The molecule has 0 atom stereocenters. The van der Waals surface area contributed by atoms with Crippen molar-refractivity contribution in [3.05, 3.63) is 24.0 Å². The van der Waals surface area contributed by atoms with E-state index in [1.165, 1.54) is 10.6 Å². The maximum absolute atomic E-state index is 11.6. The lowest BCUT2D eigenvalue weighted by atomic mass is 10.2. The summed E-state index contributed by atoms with van der Waals surface area (Å²) in [5, 5.41) is 11.6. The van der Waals surface area contributed by atoms with Gasteiger partial charge in [0.15, 0.2) is 0 Å². The van der Waals surface area contributed by atoms with Crippen LogP contribution >= 0.6 is 0 Å².